The van der Waals surface area contributed by atoms with E-state index < -0.39 is 17.0 Å². The third kappa shape index (κ3) is 3.78. The van der Waals surface area contributed by atoms with Crippen LogP contribution in [0.15, 0.2) is 16.9 Å². The Morgan fingerprint density at radius 2 is 2.05 bits per heavy atom. The first-order valence-electron chi connectivity index (χ1n) is 7.32. The molecule has 0 atom stereocenters. The Hall–Kier alpha value is -2.05. The van der Waals surface area contributed by atoms with E-state index in [0.29, 0.717) is 31.6 Å². The lowest BCUT2D eigenvalue weighted by atomic mass is 9.73. The number of aromatic nitrogens is 1. The Kier molecular flexibility index (Phi) is 4.44. The van der Waals surface area contributed by atoms with Gasteiger partial charge in [-0.1, -0.05) is 5.16 Å². The molecule has 1 aromatic heterocycles. The van der Waals surface area contributed by atoms with Gasteiger partial charge in [0.25, 0.3) is 0 Å². The molecule has 1 aromatic rings. The van der Waals surface area contributed by atoms with Crippen LogP contribution in [-0.2, 0) is 14.9 Å². The van der Waals surface area contributed by atoms with E-state index in [-0.39, 0.29) is 12.5 Å². The average molecular weight is 310 g/mol. The second-order valence-corrected chi connectivity index (χ2v) is 6.70. The first kappa shape index (κ1) is 16.3. The summed E-state index contributed by atoms with van der Waals surface area (Å²) in [4.78, 5) is 24.9. The van der Waals surface area contributed by atoms with Crippen molar-refractivity contribution in [3.8, 4) is 0 Å². The molecule has 0 aromatic carbocycles. The van der Waals surface area contributed by atoms with Crippen molar-refractivity contribution in [2.75, 3.05) is 13.1 Å². The minimum Gasteiger partial charge on any atom is -0.481 e. The summed E-state index contributed by atoms with van der Waals surface area (Å²) in [5.74, 6) is -0.881. The Morgan fingerprint density at radius 3 is 2.50 bits per heavy atom. The van der Waals surface area contributed by atoms with Crippen LogP contribution in [0.3, 0.4) is 0 Å². The topological polar surface area (TPSA) is 92.9 Å². The molecule has 1 saturated heterocycles. The van der Waals surface area contributed by atoms with Crippen molar-refractivity contribution in [2.24, 2.45) is 0 Å². The fraction of sp³-hybridized carbons (Fsp3) is 0.667. The number of ether oxygens (including phenoxy) is 1. The van der Waals surface area contributed by atoms with E-state index in [1.807, 2.05) is 20.8 Å². The van der Waals surface area contributed by atoms with Crippen LogP contribution < -0.4 is 0 Å². The normalized spacial score (nSPS) is 18.0. The molecular formula is C15H22N2O5. The molecule has 0 saturated carbocycles. The van der Waals surface area contributed by atoms with E-state index in [2.05, 4.69) is 5.16 Å². The van der Waals surface area contributed by atoms with Crippen LogP contribution >= 0.6 is 0 Å². The molecule has 7 heteroatoms. The second-order valence-electron chi connectivity index (χ2n) is 6.70. The molecule has 1 N–H and O–H groups in total. The third-order valence-corrected chi connectivity index (χ3v) is 3.84. The van der Waals surface area contributed by atoms with E-state index in [9.17, 15) is 14.7 Å². The fourth-order valence-corrected chi connectivity index (χ4v) is 2.74. The first-order valence-corrected chi connectivity index (χ1v) is 7.32. The molecule has 1 aliphatic rings. The Bertz CT molecular complexity index is 525. The number of rotatable bonds is 3. The van der Waals surface area contributed by atoms with Gasteiger partial charge >= 0.3 is 12.1 Å². The molecule has 2 heterocycles. The molecule has 0 radical (unpaired) electrons. The number of carboxylic acid groups (broad SMARTS) is 1. The molecule has 0 unspecified atom stereocenters. The monoisotopic (exact) mass is 310 g/mol. The highest BCUT2D eigenvalue weighted by Gasteiger charge is 2.42. The Labute approximate surface area is 129 Å². The summed E-state index contributed by atoms with van der Waals surface area (Å²) in [6, 6.07) is 1.70. The molecule has 1 aliphatic heterocycles. The van der Waals surface area contributed by atoms with Gasteiger partial charge in [0.15, 0.2) is 0 Å². The quantitative estimate of drug-likeness (QED) is 0.921. The number of nitrogens with zero attached hydrogens (tertiary/aromatic N) is 2. The zero-order valence-electron chi connectivity index (χ0n) is 13.2. The van der Waals surface area contributed by atoms with Gasteiger partial charge in [0.2, 0.25) is 0 Å². The fourth-order valence-electron chi connectivity index (χ4n) is 2.74. The van der Waals surface area contributed by atoms with Gasteiger partial charge in [0, 0.05) is 24.6 Å². The van der Waals surface area contributed by atoms with Crippen LogP contribution in [0.5, 0.6) is 0 Å². The van der Waals surface area contributed by atoms with Crippen molar-refractivity contribution >= 4 is 12.1 Å². The molecule has 7 nitrogen and oxygen atoms in total. The maximum atomic E-state index is 12.1. The van der Waals surface area contributed by atoms with Crippen LogP contribution in [0, 0.1) is 0 Å². The lowest BCUT2D eigenvalue weighted by Crippen LogP contribution is -2.47. The summed E-state index contributed by atoms with van der Waals surface area (Å²) in [6.07, 6.45) is 2.09. The maximum absolute atomic E-state index is 12.1. The maximum Gasteiger partial charge on any atom is 0.410 e. The van der Waals surface area contributed by atoms with Gasteiger partial charge in [-0.15, -0.1) is 0 Å². The Balaban J connectivity index is 2.07. The number of likely N-dealkylation sites (tertiary alicyclic amines) is 1. The molecule has 1 amide bonds. The molecular weight excluding hydrogens is 288 g/mol. The molecule has 1 fully saturated rings. The van der Waals surface area contributed by atoms with Crippen molar-refractivity contribution in [1.82, 2.24) is 10.1 Å². The van der Waals surface area contributed by atoms with Gasteiger partial charge in [-0.25, -0.2) is 4.79 Å². The standard InChI is InChI=1S/C15H22N2O5/c1-14(2,3)22-13(20)17-7-5-15(6-8-17,10-12(18)19)11-4-9-21-16-11/h4,9H,5-8,10H2,1-3H3,(H,18,19). The Morgan fingerprint density at radius 1 is 1.41 bits per heavy atom. The summed E-state index contributed by atoms with van der Waals surface area (Å²) in [5.41, 5.74) is -0.491. The van der Waals surface area contributed by atoms with Crippen molar-refractivity contribution in [3.05, 3.63) is 18.0 Å². The zero-order chi connectivity index (χ0) is 16.4. The molecule has 0 spiro atoms. The van der Waals surface area contributed by atoms with E-state index in [0.717, 1.165) is 0 Å². The highest BCUT2D eigenvalue weighted by atomic mass is 16.6. The van der Waals surface area contributed by atoms with E-state index in [1.165, 1.54) is 6.26 Å². The highest BCUT2D eigenvalue weighted by Crippen LogP contribution is 2.38. The average Bonchev–Trinajstić information content (AvgIpc) is 2.91. The second kappa shape index (κ2) is 5.98. The van der Waals surface area contributed by atoms with Gasteiger partial charge in [0.1, 0.15) is 11.9 Å². The van der Waals surface area contributed by atoms with E-state index in [1.54, 1.807) is 11.0 Å². The van der Waals surface area contributed by atoms with Crippen LogP contribution in [0.4, 0.5) is 4.79 Å². The SMILES string of the molecule is CC(C)(C)OC(=O)N1CCC(CC(=O)O)(c2ccon2)CC1. The number of carbonyl (C=O) groups excluding carboxylic acids is 1. The van der Waals surface area contributed by atoms with Crippen molar-refractivity contribution in [1.29, 1.82) is 0 Å². The number of piperidine rings is 1. The van der Waals surface area contributed by atoms with Gasteiger partial charge in [0.05, 0.1) is 12.1 Å². The minimum atomic E-state index is -0.881. The third-order valence-electron chi connectivity index (χ3n) is 3.84. The van der Waals surface area contributed by atoms with Crippen LogP contribution in [-0.4, -0.2) is 45.9 Å². The van der Waals surface area contributed by atoms with Crippen molar-refractivity contribution in [3.63, 3.8) is 0 Å². The van der Waals surface area contributed by atoms with Gasteiger partial charge in [-0.3, -0.25) is 4.79 Å². The molecule has 0 aliphatic carbocycles. The minimum absolute atomic E-state index is 0.0261. The summed E-state index contributed by atoms with van der Waals surface area (Å²) in [6.45, 7) is 6.33. The number of hydrogen-bond acceptors (Lipinski definition) is 5. The predicted octanol–water partition coefficient (Wildman–Crippen LogP) is 2.42. The zero-order valence-corrected chi connectivity index (χ0v) is 13.2. The van der Waals surface area contributed by atoms with E-state index >= 15 is 0 Å². The smallest absolute Gasteiger partial charge is 0.410 e. The van der Waals surface area contributed by atoms with Crippen LogP contribution in [0.2, 0.25) is 0 Å². The summed E-state index contributed by atoms with van der Waals surface area (Å²) in [5, 5.41) is 13.1. The predicted molar refractivity (Wildman–Crippen MR) is 77.5 cm³/mol. The van der Waals surface area contributed by atoms with Gasteiger partial charge in [-0.05, 0) is 33.6 Å². The van der Waals surface area contributed by atoms with Gasteiger partial charge < -0.3 is 19.3 Å². The molecule has 2 rings (SSSR count). The van der Waals surface area contributed by atoms with Crippen molar-refractivity contribution < 1.29 is 24.0 Å². The number of carboxylic acids is 1. The van der Waals surface area contributed by atoms with Crippen LogP contribution in [0.25, 0.3) is 0 Å². The van der Waals surface area contributed by atoms with Crippen molar-refractivity contribution in [2.45, 2.75) is 51.0 Å². The number of amides is 1. The van der Waals surface area contributed by atoms with E-state index in [4.69, 9.17) is 9.26 Å². The summed E-state index contributed by atoms with van der Waals surface area (Å²) < 4.78 is 10.2. The molecule has 122 valence electrons. The summed E-state index contributed by atoms with van der Waals surface area (Å²) >= 11 is 0. The number of carbonyl (C=O) groups is 2. The van der Waals surface area contributed by atoms with Crippen LogP contribution in [0.1, 0.15) is 45.7 Å². The molecule has 0 bridgehead atoms. The first-order chi connectivity index (χ1) is 10.2. The largest absolute Gasteiger partial charge is 0.481 e. The number of hydrogen-bond donors (Lipinski definition) is 1. The number of aliphatic carboxylic acids is 1. The lowest BCUT2D eigenvalue weighted by Gasteiger charge is -2.40. The molecule has 22 heavy (non-hydrogen) atoms. The summed E-state index contributed by atoms with van der Waals surface area (Å²) in [7, 11) is 0. The lowest BCUT2D eigenvalue weighted by molar-refractivity contribution is -0.139. The van der Waals surface area contributed by atoms with Gasteiger partial charge in [-0.2, -0.15) is 0 Å². The highest BCUT2D eigenvalue weighted by molar-refractivity contribution is 5.70.